The molecule has 13 heavy (non-hydrogen) atoms. The largest absolute Gasteiger partial charge is 0.306 e. The second-order valence-electron chi connectivity index (χ2n) is 2.87. The van der Waals surface area contributed by atoms with Crippen LogP contribution in [0, 0.1) is 0 Å². The molecule has 70 valence electrons. The van der Waals surface area contributed by atoms with E-state index in [2.05, 4.69) is 31.3 Å². The van der Waals surface area contributed by atoms with E-state index in [1.54, 1.807) is 0 Å². The Morgan fingerprint density at radius 1 is 1.62 bits per heavy atom. The highest BCUT2D eigenvalue weighted by Crippen LogP contribution is 2.06. The molecule has 0 unspecified atom stereocenters. The predicted octanol–water partition coefficient (Wildman–Crippen LogP) is -1.11. The number of nitrogens with one attached hydrogen (secondary N) is 3. The molecule has 2 heterocycles. The zero-order chi connectivity index (χ0) is 9.10. The first kappa shape index (κ1) is 8.11. The third-order valence-electron chi connectivity index (χ3n) is 1.96. The van der Waals surface area contributed by atoms with Crippen LogP contribution in [-0.4, -0.2) is 39.1 Å². The van der Waals surface area contributed by atoms with Crippen LogP contribution in [0.15, 0.2) is 0 Å². The van der Waals surface area contributed by atoms with Gasteiger partial charge in [0.1, 0.15) is 0 Å². The average molecular weight is 182 g/mol. The number of anilines is 1. The summed E-state index contributed by atoms with van der Waals surface area (Å²) in [6.45, 7) is 0.893. The van der Waals surface area contributed by atoms with Gasteiger partial charge >= 0.3 is 0 Å². The first-order valence-corrected chi connectivity index (χ1v) is 4.14. The molecule has 2 rings (SSSR count). The number of H-pyrrole nitrogens is 1. The first-order valence-electron chi connectivity index (χ1n) is 4.14. The lowest BCUT2D eigenvalue weighted by molar-refractivity contribution is -0.117. The molecule has 3 N–H and O–H groups in total. The van der Waals surface area contributed by atoms with E-state index in [-0.39, 0.29) is 17.9 Å². The van der Waals surface area contributed by atoms with E-state index in [0.29, 0.717) is 0 Å². The first-order chi connectivity index (χ1) is 6.36. The molecule has 1 atom stereocenters. The molecule has 1 aromatic heterocycles. The van der Waals surface area contributed by atoms with Crippen LogP contribution in [-0.2, 0) is 4.79 Å². The van der Waals surface area contributed by atoms with Crippen molar-refractivity contribution in [3.63, 3.8) is 0 Å². The minimum absolute atomic E-state index is 0.0982. The molecule has 1 aliphatic rings. The summed E-state index contributed by atoms with van der Waals surface area (Å²) < 4.78 is 0. The fourth-order valence-electron chi connectivity index (χ4n) is 1.32. The van der Waals surface area contributed by atoms with Gasteiger partial charge in [-0.15, -0.1) is 5.10 Å². The van der Waals surface area contributed by atoms with Crippen LogP contribution >= 0.6 is 0 Å². The van der Waals surface area contributed by atoms with Crippen LogP contribution in [0.25, 0.3) is 0 Å². The van der Waals surface area contributed by atoms with Crippen molar-refractivity contribution < 1.29 is 4.79 Å². The minimum Gasteiger partial charge on any atom is -0.306 e. The van der Waals surface area contributed by atoms with Crippen LogP contribution in [0.5, 0.6) is 0 Å². The Bertz CT molecular complexity index is 277. The van der Waals surface area contributed by atoms with Crippen LogP contribution < -0.4 is 10.6 Å². The van der Waals surface area contributed by atoms with Crippen molar-refractivity contribution in [2.45, 2.75) is 18.9 Å². The third-order valence-corrected chi connectivity index (χ3v) is 1.96. The Kier molecular flexibility index (Phi) is 2.17. The molecule has 1 fully saturated rings. The molecule has 1 aromatic rings. The maximum Gasteiger partial charge on any atom is 0.269 e. The SMILES string of the molecule is O=C(Nc1nn[nH]n1)[C@H]1CCCN1. The lowest BCUT2D eigenvalue weighted by atomic mass is 10.2. The van der Waals surface area contributed by atoms with Crippen LogP contribution in [0.2, 0.25) is 0 Å². The number of tetrazole rings is 1. The summed E-state index contributed by atoms with van der Waals surface area (Å²) in [6.07, 6.45) is 1.90. The van der Waals surface area contributed by atoms with Crippen molar-refractivity contribution in [1.82, 2.24) is 25.9 Å². The second-order valence-corrected chi connectivity index (χ2v) is 2.87. The van der Waals surface area contributed by atoms with Gasteiger partial charge in [0.2, 0.25) is 5.91 Å². The summed E-state index contributed by atoms with van der Waals surface area (Å²) >= 11 is 0. The van der Waals surface area contributed by atoms with Gasteiger partial charge in [0.15, 0.2) is 0 Å². The standard InChI is InChI=1S/C6H10N6O/c13-5(4-2-1-3-7-4)8-6-9-11-12-10-6/h4,7H,1-3H2,(H2,8,9,10,11,12,13)/t4-/m1/s1. The number of hydrogen-bond donors (Lipinski definition) is 3. The topological polar surface area (TPSA) is 95.6 Å². The number of carbonyl (C=O) groups excluding carboxylic acids is 1. The molecular formula is C6H10N6O. The summed E-state index contributed by atoms with van der Waals surface area (Å²) in [6, 6.07) is -0.113. The van der Waals surface area contributed by atoms with E-state index in [1.165, 1.54) is 0 Å². The molecule has 1 saturated heterocycles. The van der Waals surface area contributed by atoms with Crippen molar-refractivity contribution in [2.75, 3.05) is 11.9 Å². The molecule has 1 aliphatic heterocycles. The van der Waals surface area contributed by atoms with Gasteiger partial charge in [0.25, 0.3) is 5.95 Å². The predicted molar refractivity (Wildman–Crippen MR) is 43.8 cm³/mol. The number of rotatable bonds is 2. The number of hydrogen-bond acceptors (Lipinski definition) is 5. The van der Waals surface area contributed by atoms with Gasteiger partial charge in [-0.2, -0.15) is 5.21 Å². The number of carbonyl (C=O) groups is 1. The molecule has 7 nitrogen and oxygen atoms in total. The molecule has 1 amide bonds. The van der Waals surface area contributed by atoms with E-state index in [4.69, 9.17) is 0 Å². The average Bonchev–Trinajstić information content (AvgIpc) is 2.74. The Labute approximate surface area is 74.3 Å². The summed E-state index contributed by atoms with van der Waals surface area (Å²) in [5, 5.41) is 18.4. The van der Waals surface area contributed by atoms with Gasteiger partial charge in [-0.25, -0.2) is 0 Å². The van der Waals surface area contributed by atoms with Gasteiger partial charge < -0.3 is 5.32 Å². The highest BCUT2D eigenvalue weighted by atomic mass is 16.2. The molecular weight excluding hydrogens is 172 g/mol. The summed E-state index contributed by atoms with van der Waals surface area (Å²) in [7, 11) is 0. The zero-order valence-electron chi connectivity index (χ0n) is 6.95. The Morgan fingerprint density at radius 3 is 3.15 bits per heavy atom. The van der Waals surface area contributed by atoms with Crippen molar-refractivity contribution in [2.24, 2.45) is 0 Å². The monoisotopic (exact) mass is 182 g/mol. The molecule has 0 aromatic carbocycles. The van der Waals surface area contributed by atoms with Crippen LogP contribution in [0.1, 0.15) is 12.8 Å². The number of nitrogens with zero attached hydrogens (tertiary/aromatic N) is 3. The van der Waals surface area contributed by atoms with Crippen LogP contribution in [0.4, 0.5) is 5.95 Å². The van der Waals surface area contributed by atoms with E-state index in [0.717, 1.165) is 19.4 Å². The fraction of sp³-hybridized carbons (Fsp3) is 0.667. The molecule has 0 saturated carbocycles. The van der Waals surface area contributed by atoms with Crippen molar-refractivity contribution in [3.8, 4) is 0 Å². The number of aromatic nitrogens is 4. The Hall–Kier alpha value is -1.50. The van der Waals surface area contributed by atoms with Crippen LogP contribution in [0.3, 0.4) is 0 Å². The van der Waals surface area contributed by atoms with E-state index in [1.807, 2.05) is 0 Å². The molecule has 7 heteroatoms. The molecule has 0 radical (unpaired) electrons. The maximum atomic E-state index is 11.4. The maximum absolute atomic E-state index is 11.4. The van der Waals surface area contributed by atoms with Gasteiger partial charge in [-0.3, -0.25) is 10.1 Å². The van der Waals surface area contributed by atoms with Gasteiger partial charge in [0, 0.05) is 0 Å². The van der Waals surface area contributed by atoms with E-state index in [9.17, 15) is 4.79 Å². The highest BCUT2D eigenvalue weighted by Gasteiger charge is 2.22. The molecule has 0 aliphatic carbocycles. The van der Waals surface area contributed by atoms with Gasteiger partial charge in [-0.05, 0) is 24.6 Å². The Morgan fingerprint density at radius 2 is 2.54 bits per heavy atom. The zero-order valence-corrected chi connectivity index (χ0v) is 6.95. The minimum atomic E-state index is -0.113. The van der Waals surface area contributed by atoms with Crippen molar-refractivity contribution >= 4 is 11.9 Å². The van der Waals surface area contributed by atoms with E-state index < -0.39 is 0 Å². The lowest BCUT2D eigenvalue weighted by Gasteiger charge is -2.07. The molecule has 0 bridgehead atoms. The second kappa shape index (κ2) is 3.48. The Balaban J connectivity index is 1.91. The van der Waals surface area contributed by atoms with Crippen molar-refractivity contribution in [3.05, 3.63) is 0 Å². The third kappa shape index (κ3) is 1.81. The quantitative estimate of drug-likeness (QED) is 0.539. The molecule has 0 spiro atoms. The van der Waals surface area contributed by atoms with E-state index >= 15 is 0 Å². The summed E-state index contributed by atoms with van der Waals surface area (Å²) in [5.41, 5.74) is 0. The summed E-state index contributed by atoms with van der Waals surface area (Å²) in [4.78, 5) is 11.4. The normalized spacial score (nSPS) is 21.7. The van der Waals surface area contributed by atoms with Gasteiger partial charge in [0.05, 0.1) is 6.04 Å². The smallest absolute Gasteiger partial charge is 0.269 e. The highest BCUT2D eigenvalue weighted by molar-refractivity contribution is 5.93. The fourth-order valence-corrected chi connectivity index (χ4v) is 1.32. The summed E-state index contributed by atoms with van der Waals surface area (Å²) in [5.74, 6) is 0.123. The van der Waals surface area contributed by atoms with Gasteiger partial charge in [-0.1, -0.05) is 5.10 Å². The number of amides is 1. The van der Waals surface area contributed by atoms with Crippen molar-refractivity contribution in [1.29, 1.82) is 0 Å². The lowest BCUT2D eigenvalue weighted by Crippen LogP contribution is -2.35. The number of aromatic amines is 1.